The van der Waals surface area contributed by atoms with E-state index in [9.17, 15) is 0 Å². The van der Waals surface area contributed by atoms with Crippen molar-refractivity contribution in [3.63, 3.8) is 0 Å². The van der Waals surface area contributed by atoms with Crippen molar-refractivity contribution in [1.82, 2.24) is 10.2 Å². The average Bonchev–Trinajstić information content (AvgIpc) is 2.47. The lowest BCUT2D eigenvalue weighted by molar-refractivity contribution is 0.126. The monoisotopic (exact) mass is 288 g/mol. The molecular weight excluding hydrogens is 256 g/mol. The number of hydrogen-bond donors (Lipinski definition) is 1. The van der Waals surface area contributed by atoms with Gasteiger partial charge in [0.1, 0.15) is 0 Å². The SMILES string of the molecule is CCCC1CCCCN1CC(NC)c1ccc(C)cc1C. The van der Waals surface area contributed by atoms with Crippen LogP contribution in [0.15, 0.2) is 18.2 Å². The van der Waals surface area contributed by atoms with E-state index in [1.165, 1.54) is 55.3 Å². The molecule has 2 rings (SSSR count). The van der Waals surface area contributed by atoms with Crippen LogP contribution in [0.25, 0.3) is 0 Å². The second-order valence-corrected chi connectivity index (χ2v) is 6.63. The second-order valence-electron chi connectivity index (χ2n) is 6.63. The van der Waals surface area contributed by atoms with Crippen molar-refractivity contribution >= 4 is 0 Å². The minimum atomic E-state index is 0.447. The minimum Gasteiger partial charge on any atom is -0.312 e. The normalized spacial score (nSPS) is 21.4. The van der Waals surface area contributed by atoms with Gasteiger partial charge < -0.3 is 5.32 Å². The van der Waals surface area contributed by atoms with E-state index in [1.54, 1.807) is 0 Å². The fourth-order valence-corrected chi connectivity index (χ4v) is 3.76. The highest BCUT2D eigenvalue weighted by Gasteiger charge is 2.24. The average molecular weight is 288 g/mol. The highest BCUT2D eigenvalue weighted by atomic mass is 15.2. The van der Waals surface area contributed by atoms with Gasteiger partial charge in [0.05, 0.1) is 0 Å². The van der Waals surface area contributed by atoms with Crippen LogP contribution in [0.5, 0.6) is 0 Å². The third-order valence-electron chi connectivity index (χ3n) is 4.94. The fraction of sp³-hybridized carbons (Fsp3) is 0.684. The van der Waals surface area contributed by atoms with Crippen LogP contribution in [0.3, 0.4) is 0 Å². The zero-order valence-electron chi connectivity index (χ0n) is 14.3. The molecule has 0 saturated carbocycles. The van der Waals surface area contributed by atoms with E-state index in [4.69, 9.17) is 0 Å². The highest BCUT2D eigenvalue weighted by Crippen LogP contribution is 2.25. The number of benzene rings is 1. The van der Waals surface area contributed by atoms with Crippen LogP contribution < -0.4 is 5.32 Å². The Morgan fingerprint density at radius 3 is 2.76 bits per heavy atom. The van der Waals surface area contributed by atoms with E-state index in [2.05, 4.69) is 56.2 Å². The molecule has 2 nitrogen and oxygen atoms in total. The van der Waals surface area contributed by atoms with Gasteiger partial charge in [-0.05, 0) is 57.8 Å². The predicted molar refractivity (Wildman–Crippen MR) is 91.8 cm³/mol. The summed E-state index contributed by atoms with van der Waals surface area (Å²) in [6.45, 7) is 9.14. The molecule has 1 aromatic rings. The van der Waals surface area contributed by atoms with Crippen LogP contribution in [0, 0.1) is 13.8 Å². The Balaban J connectivity index is 2.10. The predicted octanol–water partition coefficient (Wildman–Crippen LogP) is 4.22. The summed E-state index contributed by atoms with van der Waals surface area (Å²) in [5.74, 6) is 0. The van der Waals surface area contributed by atoms with E-state index < -0.39 is 0 Å². The minimum absolute atomic E-state index is 0.447. The van der Waals surface area contributed by atoms with Crippen molar-refractivity contribution in [3.8, 4) is 0 Å². The first-order valence-electron chi connectivity index (χ1n) is 8.64. The molecule has 1 fully saturated rings. The van der Waals surface area contributed by atoms with Crippen LogP contribution in [0.4, 0.5) is 0 Å². The molecule has 0 amide bonds. The van der Waals surface area contributed by atoms with E-state index in [0.29, 0.717) is 6.04 Å². The third-order valence-corrected chi connectivity index (χ3v) is 4.94. The Hall–Kier alpha value is -0.860. The van der Waals surface area contributed by atoms with E-state index in [1.807, 2.05) is 0 Å². The molecule has 1 aliphatic rings. The van der Waals surface area contributed by atoms with Crippen molar-refractivity contribution < 1.29 is 0 Å². The molecule has 1 heterocycles. The van der Waals surface area contributed by atoms with Crippen molar-refractivity contribution in [2.24, 2.45) is 0 Å². The lowest BCUT2D eigenvalue weighted by Gasteiger charge is -2.38. The van der Waals surface area contributed by atoms with Crippen molar-refractivity contribution in [2.75, 3.05) is 20.1 Å². The van der Waals surface area contributed by atoms with Crippen molar-refractivity contribution in [2.45, 2.75) is 65.0 Å². The molecule has 1 aliphatic heterocycles. The van der Waals surface area contributed by atoms with Gasteiger partial charge in [0.2, 0.25) is 0 Å². The summed E-state index contributed by atoms with van der Waals surface area (Å²) in [5.41, 5.74) is 4.23. The molecule has 2 unspecified atom stereocenters. The summed E-state index contributed by atoms with van der Waals surface area (Å²) in [5, 5.41) is 3.55. The van der Waals surface area contributed by atoms with Crippen LogP contribution in [0.1, 0.15) is 61.8 Å². The summed E-state index contributed by atoms with van der Waals surface area (Å²) in [7, 11) is 2.10. The molecule has 1 N–H and O–H groups in total. The molecule has 2 atom stereocenters. The third kappa shape index (κ3) is 4.31. The van der Waals surface area contributed by atoms with Crippen molar-refractivity contribution in [1.29, 1.82) is 0 Å². The molecule has 21 heavy (non-hydrogen) atoms. The van der Waals surface area contributed by atoms with Crippen LogP contribution >= 0.6 is 0 Å². The van der Waals surface area contributed by atoms with E-state index in [-0.39, 0.29) is 0 Å². The second kappa shape index (κ2) is 7.95. The van der Waals surface area contributed by atoms with Gasteiger partial charge in [-0.3, -0.25) is 4.90 Å². The van der Waals surface area contributed by atoms with Gasteiger partial charge in [0, 0.05) is 18.6 Å². The fourth-order valence-electron chi connectivity index (χ4n) is 3.76. The zero-order valence-corrected chi connectivity index (χ0v) is 14.3. The summed E-state index contributed by atoms with van der Waals surface area (Å²) in [6, 6.07) is 8.10. The number of piperidine rings is 1. The summed E-state index contributed by atoms with van der Waals surface area (Å²) in [4.78, 5) is 2.73. The first-order chi connectivity index (χ1) is 10.2. The first kappa shape index (κ1) is 16.5. The molecule has 0 radical (unpaired) electrons. The van der Waals surface area contributed by atoms with Crippen LogP contribution in [-0.2, 0) is 0 Å². The first-order valence-corrected chi connectivity index (χ1v) is 8.64. The van der Waals surface area contributed by atoms with Gasteiger partial charge in [-0.2, -0.15) is 0 Å². The van der Waals surface area contributed by atoms with Gasteiger partial charge >= 0.3 is 0 Å². The van der Waals surface area contributed by atoms with Gasteiger partial charge in [-0.25, -0.2) is 0 Å². The van der Waals surface area contributed by atoms with Crippen molar-refractivity contribution in [3.05, 3.63) is 34.9 Å². The Bertz CT molecular complexity index is 439. The Labute approximate surface area is 130 Å². The maximum atomic E-state index is 3.55. The molecule has 0 aliphatic carbocycles. The maximum Gasteiger partial charge on any atom is 0.0449 e. The van der Waals surface area contributed by atoms with Crippen LogP contribution in [-0.4, -0.2) is 31.1 Å². The molecule has 1 saturated heterocycles. The van der Waals surface area contributed by atoms with Crippen LogP contribution in [0.2, 0.25) is 0 Å². The number of rotatable bonds is 6. The smallest absolute Gasteiger partial charge is 0.0449 e. The maximum absolute atomic E-state index is 3.55. The molecule has 1 aromatic carbocycles. The summed E-state index contributed by atoms with van der Waals surface area (Å²) in [6.07, 6.45) is 6.81. The Kier molecular flexibility index (Phi) is 6.25. The number of hydrogen-bond acceptors (Lipinski definition) is 2. The lowest BCUT2D eigenvalue weighted by atomic mass is 9.94. The largest absolute Gasteiger partial charge is 0.312 e. The standard InChI is InChI=1S/C19H32N2/c1-5-8-17-9-6-7-12-21(17)14-19(20-4)18-11-10-15(2)13-16(18)3/h10-11,13,17,19-20H,5-9,12,14H2,1-4H3. The number of nitrogens with zero attached hydrogens (tertiary/aromatic N) is 1. The molecule has 0 bridgehead atoms. The molecular formula is C19H32N2. The number of likely N-dealkylation sites (tertiary alicyclic amines) is 1. The Morgan fingerprint density at radius 2 is 2.10 bits per heavy atom. The van der Waals surface area contributed by atoms with E-state index in [0.717, 1.165) is 12.6 Å². The molecule has 0 spiro atoms. The number of nitrogens with one attached hydrogen (secondary N) is 1. The Morgan fingerprint density at radius 1 is 1.29 bits per heavy atom. The van der Waals surface area contributed by atoms with Gasteiger partial charge in [0.15, 0.2) is 0 Å². The van der Waals surface area contributed by atoms with E-state index >= 15 is 0 Å². The molecule has 118 valence electrons. The topological polar surface area (TPSA) is 15.3 Å². The van der Waals surface area contributed by atoms with Gasteiger partial charge in [-0.15, -0.1) is 0 Å². The number of likely N-dealkylation sites (N-methyl/N-ethyl adjacent to an activating group) is 1. The molecule has 2 heteroatoms. The molecule has 0 aromatic heterocycles. The summed E-state index contributed by atoms with van der Waals surface area (Å²) >= 11 is 0. The van der Waals surface area contributed by atoms with Gasteiger partial charge in [0.25, 0.3) is 0 Å². The van der Waals surface area contributed by atoms with Gasteiger partial charge in [-0.1, -0.05) is 43.5 Å². The lowest BCUT2D eigenvalue weighted by Crippen LogP contribution is -2.44. The summed E-state index contributed by atoms with van der Waals surface area (Å²) < 4.78 is 0. The quantitative estimate of drug-likeness (QED) is 0.843. The zero-order chi connectivity index (χ0) is 15.2. The number of aryl methyl sites for hydroxylation is 2. The highest BCUT2D eigenvalue weighted by molar-refractivity contribution is 5.33.